The van der Waals surface area contributed by atoms with Crippen LogP contribution < -0.4 is 0 Å². The van der Waals surface area contributed by atoms with E-state index in [-0.39, 0.29) is 24.7 Å². The average Bonchev–Trinajstić information content (AvgIpc) is 2.66. The van der Waals surface area contributed by atoms with E-state index in [4.69, 9.17) is 19.3 Å². The van der Waals surface area contributed by atoms with Crippen molar-refractivity contribution in [2.45, 2.75) is 90.4 Å². The molecule has 0 saturated carbocycles. The Hall–Kier alpha value is -1.31. The molecule has 7 heteroatoms. The van der Waals surface area contributed by atoms with E-state index in [9.17, 15) is 14.4 Å². The number of ether oxygens (including phenoxy) is 3. The lowest BCUT2D eigenvalue weighted by atomic mass is 10.1. The lowest BCUT2D eigenvalue weighted by molar-refractivity contribution is -0.139. The summed E-state index contributed by atoms with van der Waals surface area (Å²) in [7, 11) is 1.52. The summed E-state index contributed by atoms with van der Waals surface area (Å²) in [5, 5.41) is 8.27. The van der Waals surface area contributed by atoms with Crippen molar-refractivity contribution in [3.8, 4) is 0 Å². The van der Waals surface area contributed by atoms with E-state index in [0.29, 0.717) is 50.5 Å². The molecule has 27 heavy (non-hydrogen) atoms. The topological polar surface area (TPSA) is 99.1 Å². The van der Waals surface area contributed by atoms with Crippen molar-refractivity contribution in [2.24, 2.45) is 0 Å². The molecule has 2 rings (SSSR count). The predicted molar refractivity (Wildman–Crippen MR) is 102 cm³/mol. The minimum Gasteiger partial charge on any atom is -0.481 e. The van der Waals surface area contributed by atoms with Crippen LogP contribution in [0.15, 0.2) is 0 Å². The molecule has 0 aromatic rings. The Morgan fingerprint density at radius 3 is 1.67 bits per heavy atom. The number of methoxy groups -OCH3 is 1. The highest BCUT2D eigenvalue weighted by Crippen LogP contribution is 2.12. The third-order valence-corrected chi connectivity index (χ3v) is 4.48. The standard InChI is InChI=1S/2C7H12O2.C6H12O3/c2*1-2-7-5-6(8)3-4-9-7;1-3-5(9-2)4-6(7)8/h2*7H,2-5H2,1H3;5H,3-4H2,1-2H3,(H,7,8). The van der Waals surface area contributed by atoms with E-state index in [1.54, 1.807) is 0 Å². The molecule has 2 heterocycles. The zero-order valence-corrected chi connectivity index (χ0v) is 17.2. The maximum atomic E-state index is 10.8. The summed E-state index contributed by atoms with van der Waals surface area (Å²) in [4.78, 5) is 31.6. The summed E-state index contributed by atoms with van der Waals surface area (Å²) in [6.07, 6.45) is 5.60. The van der Waals surface area contributed by atoms with Crippen LogP contribution in [0.3, 0.4) is 0 Å². The van der Waals surface area contributed by atoms with Gasteiger partial charge in [0.15, 0.2) is 0 Å². The largest absolute Gasteiger partial charge is 0.481 e. The van der Waals surface area contributed by atoms with Crippen molar-refractivity contribution in [3.05, 3.63) is 0 Å². The number of Topliss-reactive ketones (excluding diaryl/α,β-unsaturated/α-hetero) is 2. The van der Waals surface area contributed by atoms with Crippen molar-refractivity contribution in [1.82, 2.24) is 0 Å². The second-order valence-corrected chi connectivity index (χ2v) is 6.65. The summed E-state index contributed by atoms with van der Waals surface area (Å²) in [5.74, 6) is -0.0927. The van der Waals surface area contributed by atoms with Crippen LogP contribution in [-0.2, 0) is 28.6 Å². The Morgan fingerprint density at radius 2 is 1.48 bits per heavy atom. The van der Waals surface area contributed by atoms with Crippen LogP contribution in [-0.4, -0.2) is 61.3 Å². The summed E-state index contributed by atoms with van der Waals surface area (Å²) in [6.45, 7) is 7.26. The normalized spacial score (nSPS) is 23.4. The maximum absolute atomic E-state index is 10.8. The van der Waals surface area contributed by atoms with Gasteiger partial charge in [-0.2, -0.15) is 0 Å². The molecule has 2 aliphatic heterocycles. The Morgan fingerprint density at radius 1 is 1.04 bits per heavy atom. The Kier molecular flexibility index (Phi) is 15.0. The highest BCUT2D eigenvalue weighted by Gasteiger charge is 2.18. The monoisotopic (exact) mass is 388 g/mol. The molecule has 3 unspecified atom stereocenters. The van der Waals surface area contributed by atoms with Crippen LogP contribution in [0.2, 0.25) is 0 Å². The molecule has 0 aromatic heterocycles. The third kappa shape index (κ3) is 13.5. The fraction of sp³-hybridized carbons (Fsp3) is 0.850. The summed E-state index contributed by atoms with van der Waals surface area (Å²) in [6, 6.07) is 0. The molecule has 158 valence electrons. The Bertz CT molecular complexity index is 396. The number of carboxylic acid groups (broad SMARTS) is 1. The molecular formula is C20H36O7. The van der Waals surface area contributed by atoms with Crippen molar-refractivity contribution >= 4 is 17.5 Å². The second-order valence-electron chi connectivity index (χ2n) is 6.65. The van der Waals surface area contributed by atoms with E-state index < -0.39 is 5.97 Å². The SMILES string of the molecule is CCC(CC(=O)O)OC.CCC1CC(=O)CCO1.CCC1CC(=O)CCO1. The highest BCUT2D eigenvalue weighted by molar-refractivity contribution is 5.79. The van der Waals surface area contributed by atoms with Gasteiger partial charge in [-0.05, 0) is 19.3 Å². The van der Waals surface area contributed by atoms with Gasteiger partial charge < -0.3 is 19.3 Å². The minimum atomic E-state index is -0.802. The molecule has 7 nitrogen and oxygen atoms in total. The molecule has 2 saturated heterocycles. The molecule has 3 atom stereocenters. The van der Waals surface area contributed by atoms with Crippen molar-refractivity contribution in [2.75, 3.05) is 20.3 Å². The smallest absolute Gasteiger partial charge is 0.305 e. The van der Waals surface area contributed by atoms with E-state index in [1.165, 1.54) is 7.11 Å². The van der Waals surface area contributed by atoms with Gasteiger partial charge in [-0.25, -0.2) is 0 Å². The lowest BCUT2D eigenvalue weighted by Crippen LogP contribution is -2.24. The molecule has 0 bridgehead atoms. The Balaban J connectivity index is 0.000000376. The first-order valence-electron chi connectivity index (χ1n) is 9.87. The second kappa shape index (κ2) is 15.7. The predicted octanol–water partition coefficient (Wildman–Crippen LogP) is 3.18. The van der Waals surface area contributed by atoms with Gasteiger partial charge in [0.05, 0.1) is 37.9 Å². The average molecular weight is 389 g/mol. The minimum absolute atomic E-state index is 0.104. The van der Waals surface area contributed by atoms with Crippen LogP contribution in [0.5, 0.6) is 0 Å². The Labute approximate surface area is 162 Å². The third-order valence-electron chi connectivity index (χ3n) is 4.48. The highest BCUT2D eigenvalue weighted by atomic mass is 16.5. The number of carbonyl (C=O) groups is 3. The molecule has 1 N–H and O–H groups in total. The maximum Gasteiger partial charge on any atom is 0.305 e. The molecule has 0 spiro atoms. The van der Waals surface area contributed by atoms with Crippen LogP contribution >= 0.6 is 0 Å². The van der Waals surface area contributed by atoms with Gasteiger partial charge in [0.2, 0.25) is 0 Å². The molecule has 2 fully saturated rings. The number of ketones is 2. The van der Waals surface area contributed by atoms with Gasteiger partial charge in [0.1, 0.15) is 11.6 Å². The summed E-state index contributed by atoms with van der Waals surface area (Å²) >= 11 is 0. The van der Waals surface area contributed by atoms with Gasteiger partial charge in [0.25, 0.3) is 0 Å². The van der Waals surface area contributed by atoms with E-state index in [0.717, 1.165) is 19.3 Å². The van der Waals surface area contributed by atoms with Crippen molar-refractivity contribution in [3.63, 3.8) is 0 Å². The first-order valence-corrected chi connectivity index (χ1v) is 9.87. The molecule has 2 aliphatic rings. The number of carbonyl (C=O) groups excluding carboxylic acids is 2. The van der Waals surface area contributed by atoms with Crippen LogP contribution in [0.25, 0.3) is 0 Å². The quantitative estimate of drug-likeness (QED) is 0.746. The van der Waals surface area contributed by atoms with Gasteiger partial charge in [0, 0.05) is 32.8 Å². The zero-order chi connectivity index (χ0) is 20.7. The lowest BCUT2D eigenvalue weighted by Gasteiger charge is -2.19. The van der Waals surface area contributed by atoms with Crippen LogP contribution in [0.4, 0.5) is 0 Å². The summed E-state index contributed by atoms with van der Waals surface area (Å²) < 4.78 is 15.4. The molecule has 0 aromatic carbocycles. The number of hydrogen-bond donors (Lipinski definition) is 1. The van der Waals surface area contributed by atoms with E-state index >= 15 is 0 Å². The molecular weight excluding hydrogens is 352 g/mol. The van der Waals surface area contributed by atoms with Gasteiger partial charge in [-0.1, -0.05) is 20.8 Å². The van der Waals surface area contributed by atoms with Crippen molar-refractivity contribution < 1.29 is 33.7 Å². The van der Waals surface area contributed by atoms with Crippen LogP contribution in [0, 0.1) is 0 Å². The zero-order valence-electron chi connectivity index (χ0n) is 17.2. The first-order chi connectivity index (χ1) is 12.9. The van der Waals surface area contributed by atoms with Gasteiger partial charge in [-0.15, -0.1) is 0 Å². The number of carboxylic acids is 1. The van der Waals surface area contributed by atoms with E-state index in [2.05, 4.69) is 0 Å². The molecule has 0 aliphatic carbocycles. The van der Waals surface area contributed by atoms with Crippen molar-refractivity contribution in [1.29, 1.82) is 0 Å². The first kappa shape index (κ1) is 25.7. The fourth-order valence-electron chi connectivity index (χ4n) is 2.62. The number of hydrogen-bond acceptors (Lipinski definition) is 6. The fourth-order valence-corrected chi connectivity index (χ4v) is 2.62. The number of aliphatic carboxylic acids is 1. The molecule has 0 radical (unpaired) electrons. The molecule has 0 amide bonds. The van der Waals surface area contributed by atoms with Crippen LogP contribution in [0.1, 0.15) is 72.1 Å². The number of rotatable bonds is 6. The summed E-state index contributed by atoms with van der Waals surface area (Å²) in [5.41, 5.74) is 0. The van der Waals surface area contributed by atoms with E-state index in [1.807, 2.05) is 20.8 Å². The van der Waals surface area contributed by atoms with Gasteiger partial charge >= 0.3 is 5.97 Å². The van der Waals surface area contributed by atoms with Gasteiger partial charge in [-0.3, -0.25) is 14.4 Å².